The van der Waals surface area contributed by atoms with Crippen molar-refractivity contribution in [2.45, 2.75) is 44.5 Å². The van der Waals surface area contributed by atoms with Gasteiger partial charge in [-0.15, -0.1) is 0 Å². The summed E-state index contributed by atoms with van der Waals surface area (Å²) < 4.78 is 8.04. The van der Waals surface area contributed by atoms with E-state index >= 15 is 0 Å². The van der Waals surface area contributed by atoms with E-state index in [1.807, 2.05) is 28.8 Å². The Hall–Kier alpha value is -2.02. The Bertz CT molecular complexity index is 923. The standard InChI is InChI=1S/C22H28N2O3S/c1-15(2)18-9-8-16(3)12-21(18)27-10-11-28-22-23-19-6-4-5-7-20(19)24(22)13-17(26)14-25/h4-9,12,15,17,25-26H,10-11,13-14H2,1-3H3. The molecular formula is C22H28N2O3S. The summed E-state index contributed by atoms with van der Waals surface area (Å²) in [6.07, 6.45) is -0.811. The Morgan fingerprint density at radius 1 is 1.18 bits per heavy atom. The smallest absolute Gasteiger partial charge is 0.169 e. The quantitative estimate of drug-likeness (QED) is 0.420. The number of aliphatic hydroxyl groups is 2. The molecule has 2 aromatic carbocycles. The second-order valence-electron chi connectivity index (χ2n) is 7.22. The van der Waals surface area contributed by atoms with Gasteiger partial charge < -0.3 is 19.5 Å². The highest BCUT2D eigenvalue weighted by Gasteiger charge is 2.14. The maximum absolute atomic E-state index is 9.91. The van der Waals surface area contributed by atoms with Gasteiger partial charge in [0.15, 0.2) is 5.16 Å². The number of imidazole rings is 1. The molecule has 1 heterocycles. The lowest BCUT2D eigenvalue weighted by Gasteiger charge is -2.15. The van der Waals surface area contributed by atoms with E-state index in [0.29, 0.717) is 19.1 Å². The summed E-state index contributed by atoms with van der Waals surface area (Å²) in [5, 5.41) is 20.0. The molecule has 0 saturated heterocycles. The molecule has 3 rings (SSSR count). The molecule has 0 bridgehead atoms. The van der Waals surface area contributed by atoms with Gasteiger partial charge in [0.05, 0.1) is 36.9 Å². The van der Waals surface area contributed by atoms with Crippen LogP contribution in [-0.4, -0.2) is 44.8 Å². The molecule has 1 aromatic heterocycles. The molecular weight excluding hydrogens is 372 g/mol. The van der Waals surface area contributed by atoms with Crippen LogP contribution in [-0.2, 0) is 6.54 Å². The van der Waals surface area contributed by atoms with Crippen molar-refractivity contribution in [3.63, 3.8) is 0 Å². The molecule has 0 fully saturated rings. The molecule has 0 radical (unpaired) electrons. The first-order valence-corrected chi connectivity index (χ1v) is 10.6. The number of hydrogen-bond donors (Lipinski definition) is 2. The molecule has 5 nitrogen and oxygen atoms in total. The lowest BCUT2D eigenvalue weighted by atomic mass is 10.0. The van der Waals surface area contributed by atoms with Crippen molar-refractivity contribution in [1.29, 1.82) is 0 Å². The number of aromatic nitrogens is 2. The fourth-order valence-corrected chi connectivity index (χ4v) is 3.98. The van der Waals surface area contributed by atoms with E-state index in [0.717, 1.165) is 27.7 Å². The van der Waals surface area contributed by atoms with Gasteiger partial charge >= 0.3 is 0 Å². The molecule has 0 amide bonds. The van der Waals surface area contributed by atoms with Crippen LogP contribution >= 0.6 is 11.8 Å². The van der Waals surface area contributed by atoms with Crippen LogP contribution in [0.2, 0.25) is 0 Å². The number of rotatable bonds is 9. The first kappa shape index (κ1) is 20.7. The first-order chi connectivity index (χ1) is 13.5. The molecule has 0 aliphatic carbocycles. The van der Waals surface area contributed by atoms with Crippen LogP contribution in [0.1, 0.15) is 30.9 Å². The van der Waals surface area contributed by atoms with E-state index < -0.39 is 6.10 Å². The average Bonchev–Trinajstić information content (AvgIpc) is 3.02. The van der Waals surface area contributed by atoms with E-state index in [4.69, 9.17) is 4.74 Å². The summed E-state index contributed by atoms with van der Waals surface area (Å²) in [4.78, 5) is 4.68. The minimum Gasteiger partial charge on any atom is -0.492 e. The van der Waals surface area contributed by atoms with Gasteiger partial charge in [-0.05, 0) is 42.2 Å². The number of fused-ring (bicyclic) bond motifs is 1. The van der Waals surface area contributed by atoms with Crippen molar-refractivity contribution in [3.05, 3.63) is 53.6 Å². The fourth-order valence-electron chi connectivity index (χ4n) is 3.14. The van der Waals surface area contributed by atoms with Crippen molar-refractivity contribution in [2.24, 2.45) is 0 Å². The maximum Gasteiger partial charge on any atom is 0.169 e. The van der Waals surface area contributed by atoms with Crippen molar-refractivity contribution in [2.75, 3.05) is 19.0 Å². The summed E-state index contributed by atoms with van der Waals surface area (Å²) in [7, 11) is 0. The van der Waals surface area contributed by atoms with Crippen molar-refractivity contribution in [1.82, 2.24) is 9.55 Å². The number of nitrogens with zero attached hydrogens (tertiary/aromatic N) is 2. The first-order valence-electron chi connectivity index (χ1n) is 9.60. The molecule has 3 aromatic rings. The molecule has 1 atom stereocenters. The average molecular weight is 401 g/mol. The van der Waals surface area contributed by atoms with Gasteiger partial charge in [0.2, 0.25) is 0 Å². The zero-order valence-corrected chi connectivity index (χ0v) is 17.4. The van der Waals surface area contributed by atoms with E-state index in [-0.39, 0.29) is 6.61 Å². The lowest BCUT2D eigenvalue weighted by Crippen LogP contribution is -2.20. The predicted octanol–water partition coefficient (Wildman–Crippen LogP) is 3.99. The molecule has 0 saturated carbocycles. The van der Waals surface area contributed by atoms with Gasteiger partial charge in [0, 0.05) is 5.75 Å². The van der Waals surface area contributed by atoms with Crippen LogP contribution in [0, 0.1) is 6.92 Å². The normalized spacial score (nSPS) is 12.6. The van der Waals surface area contributed by atoms with E-state index in [2.05, 4.69) is 44.0 Å². The fraction of sp³-hybridized carbons (Fsp3) is 0.409. The minimum atomic E-state index is -0.811. The Morgan fingerprint density at radius 2 is 1.96 bits per heavy atom. The Balaban J connectivity index is 1.69. The second kappa shape index (κ2) is 9.45. The van der Waals surface area contributed by atoms with Crippen LogP contribution < -0.4 is 4.74 Å². The molecule has 0 aliphatic rings. The third-order valence-corrected chi connectivity index (χ3v) is 5.53. The van der Waals surface area contributed by atoms with Crippen molar-refractivity contribution in [3.8, 4) is 5.75 Å². The highest BCUT2D eigenvalue weighted by Crippen LogP contribution is 2.28. The van der Waals surface area contributed by atoms with Crippen LogP contribution in [0.3, 0.4) is 0 Å². The summed E-state index contributed by atoms with van der Waals surface area (Å²) in [6.45, 7) is 7.02. The van der Waals surface area contributed by atoms with Crippen LogP contribution in [0.4, 0.5) is 0 Å². The molecule has 2 N–H and O–H groups in total. The van der Waals surface area contributed by atoms with E-state index in [1.54, 1.807) is 11.8 Å². The molecule has 28 heavy (non-hydrogen) atoms. The number of aliphatic hydroxyl groups excluding tert-OH is 2. The topological polar surface area (TPSA) is 67.5 Å². The van der Waals surface area contributed by atoms with Gasteiger partial charge in [0.25, 0.3) is 0 Å². The third-order valence-electron chi connectivity index (χ3n) is 4.59. The Labute approximate surface area is 170 Å². The number of hydrogen-bond acceptors (Lipinski definition) is 5. The van der Waals surface area contributed by atoms with Gasteiger partial charge in [-0.2, -0.15) is 0 Å². The Morgan fingerprint density at radius 3 is 2.71 bits per heavy atom. The largest absolute Gasteiger partial charge is 0.492 e. The van der Waals surface area contributed by atoms with Gasteiger partial charge in [-0.3, -0.25) is 0 Å². The number of benzene rings is 2. The lowest BCUT2D eigenvalue weighted by molar-refractivity contribution is 0.0802. The monoisotopic (exact) mass is 400 g/mol. The zero-order valence-electron chi connectivity index (χ0n) is 16.6. The van der Waals surface area contributed by atoms with E-state index in [1.165, 1.54) is 11.1 Å². The number of para-hydroxylation sites is 2. The summed E-state index contributed by atoms with van der Waals surface area (Å²) in [5.41, 5.74) is 4.25. The zero-order chi connectivity index (χ0) is 20.1. The molecule has 6 heteroatoms. The van der Waals surface area contributed by atoms with Crippen molar-refractivity contribution >= 4 is 22.8 Å². The molecule has 1 unspecified atom stereocenters. The SMILES string of the molecule is Cc1ccc(C(C)C)c(OCCSc2nc3ccccc3n2CC(O)CO)c1. The summed E-state index contributed by atoms with van der Waals surface area (Å²) in [5.74, 6) is 2.09. The van der Waals surface area contributed by atoms with Crippen LogP contribution in [0.15, 0.2) is 47.6 Å². The summed E-state index contributed by atoms with van der Waals surface area (Å²) >= 11 is 1.60. The number of ether oxygens (including phenoxy) is 1. The maximum atomic E-state index is 9.91. The summed E-state index contributed by atoms with van der Waals surface area (Å²) in [6, 6.07) is 14.2. The number of aryl methyl sites for hydroxylation is 1. The number of thioether (sulfide) groups is 1. The van der Waals surface area contributed by atoms with E-state index in [9.17, 15) is 10.2 Å². The van der Waals surface area contributed by atoms with Crippen molar-refractivity contribution < 1.29 is 14.9 Å². The van der Waals surface area contributed by atoms with Gasteiger partial charge in [-0.25, -0.2) is 4.98 Å². The Kier molecular flexibility index (Phi) is 6.99. The highest BCUT2D eigenvalue weighted by molar-refractivity contribution is 7.99. The predicted molar refractivity (Wildman–Crippen MR) is 114 cm³/mol. The van der Waals surface area contributed by atoms with Crippen LogP contribution in [0.25, 0.3) is 11.0 Å². The second-order valence-corrected chi connectivity index (χ2v) is 8.29. The molecule has 0 aliphatic heterocycles. The highest BCUT2D eigenvalue weighted by atomic mass is 32.2. The third kappa shape index (κ3) is 4.87. The van der Waals surface area contributed by atoms with Crippen LogP contribution in [0.5, 0.6) is 5.75 Å². The molecule has 150 valence electrons. The van der Waals surface area contributed by atoms with Gasteiger partial charge in [-0.1, -0.05) is 49.9 Å². The minimum absolute atomic E-state index is 0.273. The molecule has 0 spiro atoms. The van der Waals surface area contributed by atoms with Gasteiger partial charge in [0.1, 0.15) is 5.75 Å².